The monoisotopic (exact) mass is 638 g/mol. The van der Waals surface area contributed by atoms with E-state index >= 15 is 0 Å². The number of primary sulfonamides is 1. The lowest BCUT2D eigenvalue weighted by molar-refractivity contribution is -0.144. The van der Waals surface area contributed by atoms with Gasteiger partial charge >= 0.3 is 5.97 Å². The van der Waals surface area contributed by atoms with Crippen LogP contribution in [0.1, 0.15) is 11.3 Å². The zero-order chi connectivity index (χ0) is 30.1. The molecule has 4 rings (SSSR count). The summed E-state index contributed by atoms with van der Waals surface area (Å²) in [5.74, 6) is 0.751. The van der Waals surface area contributed by atoms with Crippen molar-refractivity contribution in [3.63, 3.8) is 0 Å². The highest BCUT2D eigenvalue weighted by atomic mass is 32.2. The summed E-state index contributed by atoms with van der Waals surface area (Å²) in [7, 11) is -2.66. The zero-order valence-electron chi connectivity index (χ0n) is 22.3. The van der Waals surface area contributed by atoms with Gasteiger partial charge < -0.3 is 19.5 Å². The predicted molar refractivity (Wildman–Crippen MR) is 153 cm³/mol. The fraction of sp³-hybridized carbons (Fsp3) is 0.320. The molecule has 2 aromatic heterocycles. The average Bonchev–Trinajstić information content (AvgIpc) is 3.61. The maximum atomic E-state index is 12.7. The lowest BCUT2D eigenvalue weighted by atomic mass is 10.2. The molecular formula is C25H27FN6O7S3. The number of ether oxygens (including phenoxy) is 3. The molecule has 17 heteroatoms. The molecule has 0 aliphatic rings. The van der Waals surface area contributed by atoms with E-state index in [1.807, 2.05) is 6.07 Å². The molecule has 0 saturated carbocycles. The Morgan fingerprint density at radius 2 is 2.00 bits per heavy atom. The van der Waals surface area contributed by atoms with Crippen molar-refractivity contribution in [3.8, 4) is 11.5 Å². The number of esters is 1. The Morgan fingerprint density at radius 3 is 2.76 bits per heavy atom. The Bertz CT molecular complexity index is 1650. The molecule has 0 fully saturated rings. The lowest BCUT2D eigenvalue weighted by Gasteiger charge is -2.16. The number of sulfonamides is 1. The number of nitrogens with one attached hydrogen (secondary N) is 1. The summed E-state index contributed by atoms with van der Waals surface area (Å²) in [5.41, 5.74) is 1.84. The summed E-state index contributed by atoms with van der Waals surface area (Å²) in [6.45, 7) is -0.761. The molecule has 42 heavy (non-hydrogen) atoms. The van der Waals surface area contributed by atoms with Crippen molar-refractivity contribution in [2.24, 2.45) is 5.14 Å². The molecule has 2 aromatic carbocycles. The largest absolute Gasteiger partial charge is 0.491 e. The van der Waals surface area contributed by atoms with Gasteiger partial charge in [-0.1, -0.05) is 17.3 Å². The number of aromatic nitrogens is 4. The van der Waals surface area contributed by atoms with Crippen LogP contribution in [0.4, 0.5) is 4.39 Å². The molecule has 13 nitrogen and oxygen atoms in total. The highest BCUT2D eigenvalue weighted by Gasteiger charge is 2.22. The van der Waals surface area contributed by atoms with Gasteiger partial charge in [0.1, 0.15) is 49.7 Å². The van der Waals surface area contributed by atoms with Crippen LogP contribution in [0.25, 0.3) is 10.2 Å². The Labute approximate surface area is 248 Å². The first-order valence-corrected chi connectivity index (χ1v) is 15.8. The van der Waals surface area contributed by atoms with Gasteiger partial charge in [-0.3, -0.25) is 4.79 Å². The number of carbonyl (C=O) groups is 2. The maximum Gasteiger partial charge on any atom is 0.329 e. The molecule has 0 radical (unpaired) electrons. The molecule has 0 aliphatic heterocycles. The van der Waals surface area contributed by atoms with Crippen molar-refractivity contribution in [3.05, 3.63) is 59.9 Å². The first kappa shape index (κ1) is 31.1. The smallest absolute Gasteiger partial charge is 0.329 e. The Balaban J connectivity index is 1.27. The second-order valence-electron chi connectivity index (χ2n) is 8.69. The molecule has 0 saturated heterocycles. The third-order valence-corrected chi connectivity index (χ3v) is 8.92. The topological polar surface area (TPSA) is 178 Å². The second-order valence-corrected chi connectivity index (χ2v) is 12.5. The minimum absolute atomic E-state index is 0.0246. The summed E-state index contributed by atoms with van der Waals surface area (Å²) in [4.78, 5) is 28.9. The lowest BCUT2D eigenvalue weighted by Crippen LogP contribution is -2.44. The number of methoxy groups -OCH3 is 1. The first-order chi connectivity index (χ1) is 20.1. The third kappa shape index (κ3) is 8.85. The normalized spacial score (nSPS) is 12.2. The number of thioether (sulfide) groups is 1. The molecule has 0 bridgehead atoms. The molecule has 0 unspecified atom stereocenters. The number of thiazole rings is 1. The zero-order valence-corrected chi connectivity index (χ0v) is 24.7. The van der Waals surface area contributed by atoms with Gasteiger partial charge in [0.25, 0.3) is 10.0 Å². The number of carbonyl (C=O) groups excluding carboxylic acids is 2. The molecule has 2 heterocycles. The summed E-state index contributed by atoms with van der Waals surface area (Å²) >= 11 is 2.35. The van der Waals surface area contributed by atoms with Gasteiger partial charge in [0.15, 0.2) is 0 Å². The number of fused-ring (bicyclic) bond motifs is 1. The van der Waals surface area contributed by atoms with E-state index in [2.05, 4.69) is 20.6 Å². The van der Waals surface area contributed by atoms with Gasteiger partial charge in [-0.05, 0) is 35.9 Å². The van der Waals surface area contributed by atoms with Gasteiger partial charge in [0.05, 0.1) is 23.5 Å². The highest BCUT2D eigenvalue weighted by molar-refractivity contribution is 7.98. The molecule has 0 aliphatic carbocycles. The Kier molecular flexibility index (Phi) is 10.7. The quantitative estimate of drug-likeness (QED) is 0.182. The van der Waals surface area contributed by atoms with E-state index < -0.39 is 34.6 Å². The molecule has 4 aromatic rings. The van der Waals surface area contributed by atoms with Gasteiger partial charge in [0, 0.05) is 11.5 Å². The van der Waals surface area contributed by atoms with Crippen LogP contribution < -0.4 is 19.9 Å². The number of nitrogens with two attached hydrogens (primary N) is 1. The van der Waals surface area contributed by atoms with E-state index in [-0.39, 0.29) is 29.9 Å². The number of alkyl halides is 1. The summed E-state index contributed by atoms with van der Waals surface area (Å²) < 4.78 is 53.0. The minimum Gasteiger partial charge on any atom is -0.491 e. The SMILES string of the molecule is COC(=O)[C@@H](CSCc1cccc(OCCF)c1)NC(=O)Cn1cc(COc2ccc3nc(S(N)(=O)=O)sc3c2)nn1. The number of amides is 1. The molecular weight excluding hydrogens is 612 g/mol. The van der Waals surface area contributed by atoms with E-state index in [1.54, 1.807) is 36.4 Å². The fourth-order valence-corrected chi connectivity index (χ4v) is 6.28. The van der Waals surface area contributed by atoms with Crippen LogP contribution in [0.3, 0.4) is 0 Å². The molecule has 3 N–H and O–H groups in total. The molecule has 1 amide bonds. The first-order valence-electron chi connectivity index (χ1n) is 12.3. The number of benzene rings is 2. The summed E-state index contributed by atoms with van der Waals surface area (Å²) in [6, 6.07) is 11.2. The van der Waals surface area contributed by atoms with E-state index in [0.717, 1.165) is 16.9 Å². The minimum atomic E-state index is -3.90. The van der Waals surface area contributed by atoms with Crippen molar-refractivity contribution in [1.82, 2.24) is 25.3 Å². The van der Waals surface area contributed by atoms with Crippen molar-refractivity contribution in [2.75, 3.05) is 26.1 Å². The Hall–Kier alpha value is -3.80. The number of hydrogen-bond acceptors (Lipinski definition) is 12. The number of nitrogens with zero attached hydrogens (tertiary/aromatic N) is 4. The van der Waals surface area contributed by atoms with Crippen LogP contribution in [-0.4, -0.2) is 72.5 Å². The fourth-order valence-electron chi connectivity index (χ4n) is 3.61. The van der Waals surface area contributed by atoms with Crippen molar-refractivity contribution in [1.29, 1.82) is 0 Å². The van der Waals surface area contributed by atoms with Crippen LogP contribution in [0, 0.1) is 0 Å². The third-order valence-electron chi connectivity index (χ3n) is 5.48. The molecule has 0 spiro atoms. The Morgan fingerprint density at radius 1 is 1.19 bits per heavy atom. The van der Waals surface area contributed by atoms with Crippen LogP contribution in [0.5, 0.6) is 11.5 Å². The van der Waals surface area contributed by atoms with Crippen LogP contribution in [-0.2, 0) is 43.3 Å². The van der Waals surface area contributed by atoms with Gasteiger partial charge in [-0.2, -0.15) is 11.8 Å². The van der Waals surface area contributed by atoms with Crippen molar-refractivity contribution in [2.45, 2.75) is 29.3 Å². The van der Waals surface area contributed by atoms with E-state index in [4.69, 9.17) is 19.3 Å². The summed E-state index contributed by atoms with van der Waals surface area (Å²) in [5, 5.41) is 15.7. The predicted octanol–water partition coefficient (Wildman–Crippen LogP) is 2.05. The van der Waals surface area contributed by atoms with Gasteiger partial charge in [-0.25, -0.2) is 32.4 Å². The standard InChI is InChI=1S/C25H27FN6O7S3/c1-37-24(34)21(15-40-14-16-3-2-4-18(9-16)38-8-7-26)28-23(33)12-32-11-17(30-31-32)13-39-19-5-6-20-22(10-19)41-25(29-20)42(27,35)36/h2-6,9-11,21H,7-8,12-15H2,1H3,(H,28,33)(H2,27,35,36)/t21-/m1/s1. The van der Waals surface area contributed by atoms with Gasteiger partial charge in [0.2, 0.25) is 10.2 Å². The maximum absolute atomic E-state index is 12.7. The molecule has 1 atom stereocenters. The van der Waals surface area contributed by atoms with Crippen molar-refractivity contribution >= 4 is 55.2 Å². The van der Waals surface area contributed by atoms with Crippen LogP contribution in [0.15, 0.2) is 53.0 Å². The van der Waals surface area contributed by atoms with Crippen molar-refractivity contribution < 1.29 is 36.6 Å². The van der Waals surface area contributed by atoms with E-state index in [9.17, 15) is 22.4 Å². The summed E-state index contributed by atoms with van der Waals surface area (Å²) in [6.07, 6.45) is 1.53. The number of halogens is 1. The average molecular weight is 639 g/mol. The number of rotatable bonds is 15. The molecule has 224 valence electrons. The van der Waals surface area contributed by atoms with E-state index in [1.165, 1.54) is 29.8 Å². The second kappa shape index (κ2) is 14.4. The number of hydrogen-bond donors (Lipinski definition) is 2. The van der Waals surface area contributed by atoms with E-state index in [0.29, 0.717) is 33.2 Å². The van der Waals surface area contributed by atoms with Crippen LogP contribution in [0.2, 0.25) is 0 Å². The van der Waals surface area contributed by atoms with Gasteiger partial charge in [-0.15, -0.1) is 16.4 Å². The highest BCUT2D eigenvalue weighted by Crippen LogP contribution is 2.28. The van der Waals surface area contributed by atoms with Crippen LogP contribution >= 0.6 is 23.1 Å².